The molecule has 0 spiro atoms. The summed E-state index contributed by atoms with van der Waals surface area (Å²) in [6.07, 6.45) is 6.85. The number of likely N-dealkylation sites (tertiary alicyclic amines) is 1. The number of carbonyl (C=O) groups excluding carboxylic acids is 1. The molecular weight excluding hydrogens is 390 g/mol. The minimum absolute atomic E-state index is 0.0959. The topological polar surface area (TPSA) is 49.0 Å². The number of nitrogens with one attached hydrogen (secondary N) is 1. The maximum absolute atomic E-state index is 12.5. The first-order chi connectivity index (χ1) is 12.6. The molecule has 2 aromatic rings. The van der Waals surface area contributed by atoms with Gasteiger partial charge in [0.1, 0.15) is 5.82 Å². The van der Waals surface area contributed by atoms with Gasteiger partial charge in [0.05, 0.1) is 11.7 Å². The molecule has 140 valence electrons. The predicted octanol–water partition coefficient (Wildman–Crippen LogP) is 5.65. The average molecular weight is 418 g/mol. The summed E-state index contributed by atoms with van der Waals surface area (Å²) in [4.78, 5) is 23.1. The van der Waals surface area contributed by atoms with Gasteiger partial charge >= 0.3 is 0 Å². The van der Waals surface area contributed by atoms with Crippen LogP contribution in [0, 0.1) is 0 Å². The standard InChI is InChI=1S/C21H28BrN3O/c1-3-5-8-17-20(15-10-12-16(22)13-11-15)24-21(23-17)18-9-6-14-25(18)19(26)7-4-2/h10-13,18H,3-9,14H2,1-2H3,(H,23,24). The molecule has 5 heteroatoms. The van der Waals surface area contributed by atoms with Gasteiger partial charge in [0.15, 0.2) is 0 Å². The molecule has 0 bridgehead atoms. The molecule has 1 fully saturated rings. The lowest BCUT2D eigenvalue weighted by Gasteiger charge is -2.23. The van der Waals surface area contributed by atoms with Crippen molar-refractivity contribution in [1.82, 2.24) is 14.9 Å². The van der Waals surface area contributed by atoms with Gasteiger partial charge < -0.3 is 9.88 Å². The van der Waals surface area contributed by atoms with Gasteiger partial charge in [0.25, 0.3) is 0 Å². The molecule has 26 heavy (non-hydrogen) atoms. The van der Waals surface area contributed by atoms with E-state index in [2.05, 4.69) is 59.0 Å². The number of halogens is 1. The minimum Gasteiger partial charge on any atom is -0.344 e. The van der Waals surface area contributed by atoms with Crippen LogP contribution in [0.1, 0.15) is 69.9 Å². The van der Waals surface area contributed by atoms with Crippen molar-refractivity contribution in [3.63, 3.8) is 0 Å². The molecule has 1 amide bonds. The summed E-state index contributed by atoms with van der Waals surface area (Å²) in [5, 5.41) is 0. The molecule has 1 atom stereocenters. The van der Waals surface area contributed by atoms with Crippen molar-refractivity contribution in [2.24, 2.45) is 0 Å². The average Bonchev–Trinajstić information content (AvgIpc) is 3.27. The molecule has 1 aliphatic heterocycles. The second-order valence-electron chi connectivity index (χ2n) is 7.05. The van der Waals surface area contributed by atoms with E-state index in [-0.39, 0.29) is 11.9 Å². The zero-order chi connectivity index (χ0) is 18.5. The molecule has 0 aliphatic carbocycles. The molecule has 3 rings (SSSR count). The van der Waals surface area contributed by atoms with E-state index in [1.807, 2.05) is 4.90 Å². The van der Waals surface area contributed by atoms with Gasteiger partial charge in [0, 0.05) is 28.7 Å². The SMILES string of the molecule is CCCCc1[nH]c(C2CCCN2C(=O)CCC)nc1-c1ccc(Br)cc1. The van der Waals surface area contributed by atoms with Crippen molar-refractivity contribution in [2.75, 3.05) is 6.54 Å². The lowest BCUT2D eigenvalue weighted by Crippen LogP contribution is -2.30. The molecule has 2 heterocycles. The molecule has 1 N–H and O–H groups in total. The molecule has 0 radical (unpaired) electrons. The molecule has 0 saturated carbocycles. The number of hydrogen-bond acceptors (Lipinski definition) is 2. The number of rotatable bonds is 7. The van der Waals surface area contributed by atoms with Crippen LogP contribution in [-0.2, 0) is 11.2 Å². The third kappa shape index (κ3) is 4.20. The first kappa shape index (κ1) is 19.2. The molecule has 1 aromatic carbocycles. The summed E-state index contributed by atoms with van der Waals surface area (Å²) in [6.45, 7) is 5.12. The second-order valence-corrected chi connectivity index (χ2v) is 7.97. The van der Waals surface area contributed by atoms with E-state index in [0.29, 0.717) is 6.42 Å². The van der Waals surface area contributed by atoms with Gasteiger partial charge in [-0.05, 0) is 44.2 Å². The Labute approximate surface area is 164 Å². The second kappa shape index (κ2) is 8.85. The Kier molecular flexibility index (Phi) is 6.52. The zero-order valence-corrected chi connectivity index (χ0v) is 17.3. The Morgan fingerprint density at radius 1 is 1.27 bits per heavy atom. The Balaban J connectivity index is 1.92. The van der Waals surface area contributed by atoms with Crippen LogP contribution in [0.15, 0.2) is 28.7 Å². The Morgan fingerprint density at radius 2 is 2.04 bits per heavy atom. The quantitative estimate of drug-likeness (QED) is 0.632. The Morgan fingerprint density at radius 3 is 2.73 bits per heavy atom. The lowest BCUT2D eigenvalue weighted by molar-refractivity contribution is -0.132. The van der Waals surface area contributed by atoms with E-state index in [9.17, 15) is 4.79 Å². The maximum Gasteiger partial charge on any atom is 0.223 e. The molecule has 1 aromatic heterocycles. The van der Waals surface area contributed by atoms with Crippen LogP contribution in [0.5, 0.6) is 0 Å². The van der Waals surface area contributed by atoms with E-state index < -0.39 is 0 Å². The summed E-state index contributed by atoms with van der Waals surface area (Å²) in [6, 6.07) is 8.42. The monoisotopic (exact) mass is 417 g/mol. The highest BCUT2D eigenvalue weighted by molar-refractivity contribution is 9.10. The third-order valence-electron chi connectivity index (χ3n) is 5.05. The number of carbonyl (C=O) groups is 1. The first-order valence-corrected chi connectivity index (χ1v) is 10.6. The van der Waals surface area contributed by atoms with E-state index in [0.717, 1.165) is 66.6 Å². The van der Waals surface area contributed by atoms with Gasteiger partial charge in [-0.25, -0.2) is 4.98 Å². The number of amides is 1. The van der Waals surface area contributed by atoms with Crippen molar-refractivity contribution >= 4 is 21.8 Å². The van der Waals surface area contributed by atoms with Gasteiger partial charge in [-0.15, -0.1) is 0 Å². The molecule has 1 unspecified atom stereocenters. The maximum atomic E-state index is 12.5. The van der Waals surface area contributed by atoms with E-state index >= 15 is 0 Å². The molecule has 4 nitrogen and oxygen atoms in total. The largest absolute Gasteiger partial charge is 0.344 e. The number of benzene rings is 1. The number of H-pyrrole nitrogens is 1. The van der Waals surface area contributed by atoms with Crippen LogP contribution in [0.4, 0.5) is 0 Å². The van der Waals surface area contributed by atoms with Gasteiger partial charge in [0.2, 0.25) is 5.91 Å². The first-order valence-electron chi connectivity index (χ1n) is 9.78. The number of nitrogens with zero attached hydrogens (tertiary/aromatic N) is 2. The van der Waals surface area contributed by atoms with Crippen molar-refractivity contribution in [2.45, 2.75) is 64.8 Å². The van der Waals surface area contributed by atoms with Crippen molar-refractivity contribution < 1.29 is 4.79 Å². The Bertz CT molecular complexity index is 738. The van der Waals surface area contributed by atoms with Crippen LogP contribution < -0.4 is 0 Å². The number of hydrogen-bond donors (Lipinski definition) is 1. The van der Waals surface area contributed by atoms with Crippen LogP contribution >= 0.6 is 15.9 Å². The van der Waals surface area contributed by atoms with Gasteiger partial charge in [-0.2, -0.15) is 0 Å². The number of aryl methyl sites for hydroxylation is 1. The highest BCUT2D eigenvalue weighted by Gasteiger charge is 2.32. The van der Waals surface area contributed by atoms with Crippen molar-refractivity contribution in [3.8, 4) is 11.3 Å². The zero-order valence-electron chi connectivity index (χ0n) is 15.7. The van der Waals surface area contributed by atoms with Crippen molar-refractivity contribution in [3.05, 3.63) is 40.3 Å². The predicted molar refractivity (Wildman–Crippen MR) is 109 cm³/mol. The van der Waals surface area contributed by atoms with Crippen LogP contribution in [0.2, 0.25) is 0 Å². The molecular formula is C21H28BrN3O. The highest BCUT2D eigenvalue weighted by Crippen LogP contribution is 2.34. The number of aromatic nitrogens is 2. The fraction of sp³-hybridized carbons (Fsp3) is 0.524. The lowest BCUT2D eigenvalue weighted by atomic mass is 10.1. The van der Waals surface area contributed by atoms with Gasteiger partial charge in [-0.1, -0.05) is 48.3 Å². The van der Waals surface area contributed by atoms with E-state index in [4.69, 9.17) is 4.98 Å². The van der Waals surface area contributed by atoms with Crippen LogP contribution in [0.3, 0.4) is 0 Å². The molecule has 1 saturated heterocycles. The fourth-order valence-corrected chi connectivity index (χ4v) is 3.94. The summed E-state index contributed by atoms with van der Waals surface area (Å²) in [5.41, 5.74) is 3.36. The Hall–Kier alpha value is -1.62. The summed E-state index contributed by atoms with van der Waals surface area (Å²) in [7, 11) is 0. The summed E-state index contributed by atoms with van der Waals surface area (Å²) < 4.78 is 1.07. The van der Waals surface area contributed by atoms with Crippen LogP contribution in [0.25, 0.3) is 11.3 Å². The highest BCUT2D eigenvalue weighted by atomic mass is 79.9. The summed E-state index contributed by atoms with van der Waals surface area (Å²) >= 11 is 3.50. The minimum atomic E-state index is 0.0959. The number of unbranched alkanes of at least 4 members (excludes halogenated alkanes) is 1. The number of imidazole rings is 1. The van der Waals surface area contributed by atoms with Crippen LogP contribution in [-0.4, -0.2) is 27.3 Å². The normalized spacial score (nSPS) is 17.0. The summed E-state index contributed by atoms with van der Waals surface area (Å²) in [5.74, 6) is 1.21. The van der Waals surface area contributed by atoms with E-state index in [1.54, 1.807) is 0 Å². The van der Waals surface area contributed by atoms with Gasteiger partial charge in [-0.3, -0.25) is 4.79 Å². The fourth-order valence-electron chi connectivity index (χ4n) is 3.68. The smallest absolute Gasteiger partial charge is 0.223 e. The van der Waals surface area contributed by atoms with E-state index in [1.165, 1.54) is 5.69 Å². The van der Waals surface area contributed by atoms with Crippen molar-refractivity contribution in [1.29, 1.82) is 0 Å². The number of aromatic amines is 1. The molecule has 1 aliphatic rings. The third-order valence-corrected chi connectivity index (χ3v) is 5.58.